The van der Waals surface area contributed by atoms with Crippen molar-refractivity contribution in [2.45, 2.75) is 33.2 Å². The molecule has 1 aromatic rings. The maximum atomic E-state index is 12.3. The van der Waals surface area contributed by atoms with E-state index in [0.29, 0.717) is 25.6 Å². The van der Waals surface area contributed by atoms with Gasteiger partial charge in [-0.1, -0.05) is 12.1 Å². The van der Waals surface area contributed by atoms with Gasteiger partial charge in [0, 0.05) is 26.2 Å². The topological polar surface area (TPSA) is 73.9 Å². The third-order valence-corrected chi connectivity index (χ3v) is 5.19. The summed E-state index contributed by atoms with van der Waals surface area (Å²) in [6, 6.07) is 8.06. The minimum atomic E-state index is -0.158. The molecule has 0 atom stereocenters. The molecule has 1 aliphatic rings. The van der Waals surface area contributed by atoms with E-state index in [1.807, 2.05) is 26.0 Å². The van der Waals surface area contributed by atoms with Crippen molar-refractivity contribution in [1.29, 1.82) is 0 Å². The van der Waals surface area contributed by atoms with Gasteiger partial charge >= 0.3 is 6.03 Å². The Bertz CT molecular complexity index is 613. The lowest BCUT2D eigenvalue weighted by molar-refractivity contribution is -0.121. The molecule has 7 heteroatoms. The summed E-state index contributed by atoms with van der Waals surface area (Å²) in [6.07, 6.45) is 2.14. The van der Waals surface area contributed by atoms with Crippen molar-refractivity contribution in [3.05, 3.63) is 29.8 Å². The van der Waals surface area contributed by atoms with Crippen LogP contribution in [-0.4, -0.2) is 68.1 Å². The van der Waals surface area contributed by atoms with Crippen molar-refractivity contribution in [3.63, 3.8) is 0 Å². The van der Waals surface area contributed by atoms with Gasteiger partial charge in [-0.15, -0.1) is 0 Å². The van der Waals surface area contributed by atoms with Crippen molar-refractivity contribution < 1.29 is 14.3 Å². The van der Waals surface area contributed by atoms with E-state index in [1.54, 1.807) is 12.0 Å². The number of hydrogen-bond donors (Lipinski definition) is 2. The second kappa shape index (κ2) is 11.5. The maximum absolute atomic E-state index is 12.3. The van der Waals surface area contributed by atoms with Crippen LogP contribution in [0.15, 0.2) is 24.3 Å². The molecule has 7 nitrogen and oxygen atoms in total. The number of nitrogens with zero attached hydrogens (tertiary/aromatic N) is 2. The van der Waals surface area contributed by atoms with Crippen LogP contribution in [0, 0.1) is 5.92 Å². The number of rotatable bonds is 9. The smallest absolute Gasteiger partial charge is 0.317 e. The fraction of sp³-hybridized carbons (Fsp3) is 0.619. The molecule has 0 spiro atoms. The number of carbonyl (C=O) groups excluding carboxylic acids is 2. The number of nitrogens with one attached hydrogen (secondary N) is 2. The highest BCUT2D eigenvalue weighted by Gasteiger charge is 2.21. The van der Waals surface area contributed by atoms with Gasteiger partial charge in [-0.05, 0) is 63.4 Å². The molecule has 2 rings (SSSR count). The van der Waals surface area contributed by atoms with Gasteiger partial charge < -0.3 is 20.3 Å². The summed E-state index contributed by atoms with van der Waals surface area (Å²) < 4.78 is 5.20. The van der Waals surface area contributed by atoms with Gasteiger partial charge in [0.25, 0.3) is 0 Å². The fourth-order valence-electron chi connectivity index (χ4n) is 3.43. The zero-order chi connectivity index (χ0) is 20.4. The van der Waals surface area contributed by atoms with E-state index in [1.165, 1.54) is 5.56 Å². The Hall–Kier alpha value is -2.28. The van der Waals surface area contributed by atoms with Crippen molar-refractivity contribution >= 4 is 11.9 Å². The number of likely N-dealkylation sites (N-methyl/N-ethyl adjacent to an activating group) is 2. The summed E-state index contributed by atoms with van der Waals surface area (Å²) in [7, 11) is 1.68. The number of piperidine rings is 1. The number of ether oxygens (including phenoxy) is 1. The first-order valence-corrected chi connectivity index (χ1v) is 10.2. The molecule has 1 heterocycles. The Morgan fingerprint density at radius 2 is 1.82 bits per heavy atom. The Balaban J connectivity index is 1.69. The van der Waals surface area contributed by atoms with E-state index in [-0.39, 0.29) is 18.5 Å². The van der Waals surface area contributed by atoms with Crippen LogP contribution in [0.25, 0.3) is 0 Å². The number of carbonyl (C=O) groups is 2. The minimum Gasteiger partial charge on any atom is -0.497 e. The molecule has 2 N–H and O–H groups in total. The Morgan fingerprint density at radius 3 is 2.39 bits per heavy atom. The molecule has 3 amide bonds. The zero-order valence-corrected chi connectivity index (χ0v) is 17.4. The Morgan fingerprint density at radius 1 is 1.14 bits per heavy atom. The summed E-state index contributed by atoms with van der Waals surface area (Å²) in [4.78, 5) is 28.0. The van der Waals surface area contributed by atoms with Gasteiger partial charge in [0.1, 0.15) is 12.3 Å². The average Bonchev–Trinajstić information content (AvgIpc) is 2.72. The molecule has 0 aliphatic carbocycles. The van der Waals surface area contributed by atoms with Crippen LogP contribution in [0.3, 0.4) is 0 Å². The standard InChI is InChI=1S/C21H34N4O3/c1-4-22-20(26)16-25(5-2)21(27)23-14-17-10-12-24(13-11-17)15-18-6-8-19(28-3)9-7-18/h6-9,17H,4-5,10-16H2,1-3H3,(H,22,26)(H,23,27). The normalized spacial score (nSPS) is 15.1. The van der Waals surface area contributed by atoms with Gasteiger partial charge in [-0.2, -0.15) is 0 Å². The van der Waals surface area contributed by atoms with E-state index >= 15 is 0 Å². The SMILES string of the molecule is CCNC(=O)CN(CC)C(=O)NCC1CCN(Cc2ccc(OC)cc2)CC1. The number of hydrogen-bond acceptors (Lipinski definition) is 4. The molecule has 0 radical (unpaired) electrons. The van der Waals surface area contributed by atoms with Gasteiger partial charge in [0.05, 0.1) is 7.11 Å². The lowest BCUT2D eigenvalue weighted by atomic mass is 9.96. The summed E-state index contributed by atoms with van der Waals surface area (Å²) >= 11 is 0. The van der Waals surface area contributed by atoms with Crippen LogP contribution >= 0.6 is 0 Å². The second-order valence-corrected chi connectivity index (χ2v) is 7.22. The highest BCUT2D eigenvalue weighted by Crippen LogP contribution is 2.19. The van der Waals surface area contributed by atoms with Crippen LogP contribution in [0.1, 0.15) is 32.3 Å². The van der Waals surface area contributed by atoms with Crippen LogP contribution in [0.5, 0.6) is 5.75 Å². The lowest BCUT2D eigenvalue weighted by Gasteiger charge is -2.32. The predicted molar refractivity (Wildman–Crippen MR) is 110 cm³/mol. The third-order valence-electron chi connectivity index (χ3n) is 5.19. The molecule has 28 heavy (non-hydrogen) atoms. The maximum Gasteiger partial charge on any atom is 0.317 e. The number of urea groups is 1. The largest absolute Gasteiger partial charge is 0.497 e. The van der Waals surface area contributed by atoms with E-state index in [2.05, 4.69) is 27.7 Å². The van der Waals surface area contributed by atoms with E-state index in [0.717, 1.165) is 38.2 Å². The molecular formula is C21H34N4O3. The minimum absolute atomic E-state index is 0.108. The second-order valence-electron chi connectivity index (χ2n) is 7.22. The van der Waals surface area contributed by atoms with Crippen molar-refractivity contribution in [2.24, 2.45) is 5.92 Å². The average molecular weight is 391 g/mol. The molecular weight excluding hydrogens is 356 g/mol. The monoisotopic (exact) mass is 390 g/mol. The van der Waals surface area contributed by atoms with Crippen LogP contribution in [0.2, 0.25) is 0 Å². The van der Waals surface area contributed by atoms with E-state index < -0.39 is 0 Å². The van der Waals surface area contributed by atoms with Gasteiger partial charge in [0.15, 0.2) is 0 Å². The molecule has 1 aromatic carbocycles. The van der Waals surface area contributed by atoms with Gasteiger partial charge in [0.2, 0.25) is 5.91 Å². The zero-order valence-electron chi connectivity index (χ0n) is 17.4. The van der Waals surface area contributed by atoms with Gasteiger partial charge in [-0.25, -0.2) is 4.79 Å². The molecule has 1 fully saturated rings. The van der Waals surface area contributed by atoms with Crippen LogP contribution in [-0.2, 0) is 11.3 Å². The number of methoxy groups -OCH3 is 1. The lowest BCUT2D eigenvalue weighted by Crippen LogP contribution is -2.47. The fourth-order valence-corrected chi connectivity index (χ4v) is 3.43. The van der Waals surface area contributed by atoms with Crippen molar-refractivity contribution in [2.75, 3.05) is 46.4 Å². The molecule has 156 valence electrons. The van der Waals surface area contributed by atoms with Gasteiger partial charge in [-0.3, -0.25) is 9.69 Å². The first-order chi connectivity index (χ1) is 13.5. The Kier molecular flexibility index (Phi) is 9.07. The molecule has 0 saturated carbocycles. The summed E-state index contributed by atoms with van der Waals surface area (Å²) in [6.45, 7) is 8.63. The number of amides is 3. The Labute approximate surface area is 168 Å². The van der Waals surface area contributed by atoms with Crippen LogP contribution in [0.4, 0.5) is 4.79 Å². The molecule has 1 saturated heterocycles. The molecule has 0 aromatic heterocycles. The highest BCUT2D eigenvalue weighted by atomic mass is 16.5. The molecule has 1 aliphatic heterocycles. The van der Waals surface area contributed by atoms with Crippen molar-refractivity contribution in [1.82, 2.24) is 20.4 Å². The summed E-state index contributed by atoms with van der Waals surface area (Å²) in [5.74, 6) is 1.25. The quantitative estimate of drug-likeness (QED) is 0.677. The predicted octanol–water partition coefficient (Wildman–Crippen LogP) is 2.07. The first-order valence-electron chi connectivity index (χ1n) is 10.2. The summed E-state index contributed by atoms with van der Waals surface area (Å²) in [5.41, 5.74) is 1.29. The number of benzene rings is 1. The number of likely N-dealkylation sites (tertiary alicyclic amines) is 1. The first kappa shape index (κ1) is 22.0. The third kappa shape index (κ3) is 7.03. The van der Waals surface area contributed by atoms with E-state index in [9.17, 15) is 9.59 Å². The van der Waals surface area contributed by atoms with E-state index in [4.69, 9.17) is 4.74 Å². The van der Waals surface area contributed by atoms with Crippen molar-refractivity contribution in [3.8, 4) is 5.75 Å². The summed E-state index contributed by atoms with van der Waals surface area (Å²) in [5, 5.41) is 5.73. The highest BCUT2D eigenvalue weighted by molar-refractivity contribution is 5.83. The van der Waals surface area contributed by atoms with Crippen LogP contribution < -0.4 is 15.4 Å². The molecule has 0 unspecified atom stereocenters. The molecule has 0 bridgehead atoms.